The molecule has 0 aliphatic carbocycles. The minimum absolute atomic E-state index is 0.251. The lowest BCUT2D eigenvalue weighted by atomic mass is 9.95. The molecule has 0 atom stereocenters. The summed E-state index contributed by atoms with van der Waals surface area (Å²) in [5, 5.41) is 0.633. The van der Waals surface area contributed by atoms with Crippen LogP contribution < -0.4 is 10.5 Å². The smallest absolute Gasteiger partial charge is 0.241 e. The van der Waals surface area contributed by atoms with Crippen LogP contribution in [-0.4, -0.2) is 25.5 Å². The second-order valence-corrected chi connectivity index (χ2v) is 7.23. The van der Waals surface area contributed by atoms with Crippen molar-refractivity contribution in [2.75, 3.05) is 6.54 Å². The van der Waals surface area contributed by atoms with E-state index in [1.165, 1.54) is 0 Å². The van der Waals surface area contributed by atoms with Crippen LogP contribution in [0, 0.1) is 6.92 Å². The maximum atomic E-state index is 12.9. The largest absolute Gasteiger partial charge is 0.329 e. The molecule has 3 N–H and O–H groups in total. The van der Waals surface area contributed by atoms with Gasteiger partial charge in [-0.25, -0.2) is 13.1 Å². The third-order valence-electron chi connectivity index (χ3n) is 4.32. The quantitative estimate of drug-likeness (QED) is 0.855. The Morgan fingerprint density at radius 3 is 2.50 bits per heavy atom. The zero-order valence-corrected chi connectivity index (χ0v) is 14.1. The summed E-state index contributed by atoms with van der Waals surface area (Å²) in [4.78, 5) is 4.55. The molecule has 0 unspecified atom stereocenters. The van der Waals surface area contributed by atoms with Crippen LogP contribution in [-0.2, 0) is 10.0 Å². The van der Waals surface area contributed by atoms with Crippen molar-refractivity contribution in [3.63, 3.8) is 0 Å². The number of aromatic nitrogens is 1. The number of nitrogens with one attached hydrogen (secondary N) is 1. The van der Waals surface area contributed by atoms with Gasteiger partial charge >= 0.3 is 0 Å². The molecule has 0 amide bonds. The van der Waals surface area contributed by atoms with Crippen LogP contribution in [0.5, 0.6) is 0 Å². The molecule has 0 aliphatic rings. The summed E-state index contributed by atoms with van der Waals surface area (Å²) in [6.07, 6.45) is 2.95. The van der Waals surface area contributed by atoms with Gasteiger partial charge in [0.25, 0.3) is 0 Å². The Morgan fingerprint density at radius 2 is 1.91 bits per heavy atom. The van der Waals surface area contributed by atoms with E-state index in [-0.39, 0.29) is 11.4 Å². The Balaban J connectivity index is 2.58. The topological polar surface area (TPSA) is 85.1 Å². The zero-order valence-electron chi connectivity index (χ0n) is 13.3. The highest BCUT2D eigenvalue weighted by Crippen LogP contribution is 2.26. The fraction of sp³-hybridized carbons (Fsp3) is 0.438. The van der Waals surface area contributed by atoms with Gasteiger partial charge in [-0.1, -0.05) is 19.9 Å². The molecule has 0 saturated heterocycles. The van der Waals surface area contributed by atoms with Gasteiger partial charge in [0.1, 0.15) is 0 Å². The minimum atomic E-state index is -3.67. The molecule has 120 valence electrons. The van der Waals surface area contributed by atoms with Crippen LogP contribution in [0.15, 0.2) is 35.4 Å². The second-order valence-electron chi connectivity index (χ2n) is 5.58. The lowest BCUT2D eigenvalue weighted by molar-refractivity contribution is 0.363. The highest BCUT2D eigenvalue weighted by molar-refractivity contribution is 7.89. The summed E-state index contributed by atoms with van der Waals surface area (Å²) in [5.74, 6) is 0. The molecule has 0 aliphatic heterocycles. The summed E-state index contributed by atoms with van der Waals surface area (Å²) in [7, 11) is -3.67. The van der Waals surface area contributed by atoms with Gasteiger partial charge in [0.2, 0.25) is 10.0 Å². The maximum absolute atomic E-state index is 12.9. The van der Waals surface area contributed by atoms with Crippen LogP contribution in [0.4, 0.5) is 0 Å². The predicted octanol–water partition coefficient (Wildman–Crippen LogP) is 2.34. The Bertz CT molecular complexity index is 760. The lowest BCUT2D eigenvalue weighted by Crippen LogP contribution is -2.52. The number of sulfonamides is 1. The van der Waals surface area contributed by atoms with E-state index < -0.39 is 15.6 Å². The van der Waals surface area contributed by atoms with Crippen LogP contribution in [0.1, 0.15) is 32.3 Å². The fourth-order valence-electron chi connectivity index (χ4n) is 2.59. The summed E-state index contributed by atoms with van der Waals surface area (Å²) in [6.45, 7) is 6.06. The Labute approximate surface area is 132 Å². The lowest BCUT2D eigenvalue weighted by Gasteiger charge is -2.31. The molecule has 0 bridgehead atoms. The van der Waals surface area contributed by atoms with Crippen LogP contribution >= 0.6 is 0 Å². The number of pyridine rings is 1. The van der Waals surface area contributed by atoms with Crippen molar-refractivity contribution in [1.29, 1.82) is 0 Å². The van der Waals surface area contributed by atoms with Gasteiger partial charge in [-0.15, -0.1) is 0 Å². The molecule has 0 fully saturated rings. The molecule has 0 saturated carbocycles. The Hall–Kier alpha value is -1.50. The summed E-state index contributed by atoms with van der Waals surface area (Å²) >= 11 is 0. The van der Waals surface area contributed by atoms with E-state index in [4.69, 9.17) is 5.73 Å². The highest BCUT2D eigenvalue weighted by atomic mass is 32.2. The fourth-order valence-corrected chi connectivity index (χ4v) is 4.34. The molecule has 0 spiro atoms. The number of fused-ring (bicyclic) bond motifs is 1. The van der Waals surface area contributed by atoms with Gasteiger partial charge < -0.3 is 5.73 Å². The Kier molecular flexibility index (Phi) is 4.84. The molecule has 22 heavy (non-hydrogen) atoms. The van der Waals surface area contributed by atoms with Crippen LogP contribution in [0.2, 0.25) is 0 Å². The predicted molar refractivity (Wildman–Crippen MR) is 89.2 cm³/mol. The first-order valence-corrected chi connectivity index (χ1v) is 8.96. The molecule has 6 heteroatoms. The average Bonchev–Trinajstić information content (AvgIpc) is 2.53. The summed E-state index contributed by atoms with van der Waals surface area (Å²) in [5.41, 5.74) is 6.85. The number of aryl methyl sites for hydroxylation is 1. The normalized spacial score (nSPS) is 12.7. The first-order valence-electron chi connectivity index (χ1n) is 7.47. The summed E-state index contributed by atoms with van der Waals surface area (Å²) < 4.78 is 28.5. The second kappa shape index (κ2) is 6.32. The van der Waals surface area contributed by atoms with Crippen molar-refractivity contribution < 1.29 is 8.42 Å². The van der Waals surface area contributed by atoms with E-state index >= 15 is 0 Å². The van der Waals surface area contributed by atoms with E-state index in [0.29, 0.717) is 23.7 Å². The maximum Gasteiger partial charge on any atom is 0.241 e. The van der Waals surface area contributed by atoms with E-state index in [1.54, 1.807) is 30.5 Å². The van der Waals surface area contributed by atoms with Gasteiger partial charge in [0, 0.05) is 23.7 Å². The van der Waals surface area contributed by atoms with Crippen molar-refractivity contribution >= 4 is 20.9 Å². The molecule has 2 aromatic rings. The van der Waals surface area contributed by atoms with E-state index in [0.717, 1.165) is 5.56 Å². The first kappa shape index (κ1) is 16.9. The number of nitrogens with two attached hydrogens (primary N) is 1. The molecule has 5 nitrogen and oxygen atoms in total. The van der Waals surface area contributed by atoms with Crippen molar-refractivity contribution in [3.05, 3.63) is 36.0 Å². The standard InChI is InChI=1S/C16H23N3O2S/c1-4-16(5-2,11-17)19-22(20,21)14-9-8-12(3)15-13(14)7-6-10-18-15/h6-10,19H,4-5,11,17H2,1-3H3. The Morgan fingerprint density at radius 1 is 1.23 bits per heavy atom. The van der Waals surface area contributed by atoms with Gasteiger partial charge in [0.05, 0.1) is 10.4 Å². The monoisotopic (exact) mass is 321 g/mol. The minimum Gasteiger partial charge on any atom is -0.329 e. The third kappa shape index (κ3) is 2.99. The first-order chi connectivity index (χ1) is 10.4. The van der Waals surface area contributed by atoms with Crippen molar-refractivity contribution in [1.82, 2.24) is 9.71 Å². The zero-order chi connectivity index (χ0) is 16.4. The van der Waals surface area contributed by atoms with Gasteiger partial charge in [0.15, 0.2) is 0 Å². The molecular formula is C16H23N3O2S. The molecule has 1 aromatic heterocycles. The number of hydrogen-bond acceptors (Lipinski definition) is 4. The number of hydrogen-bond donors (Lipinski definition) is 2. The van der Waals surface area contributed by atoms with Crippen LogP contribution in [0.25, 0.3) is 10.9 Å². The average molecular weight is 321 g/mol. The van der Waals surface area contributed by atoms with E-state index in [2.05, 4.69) is 9.71 Å². The van der Waals surface area contributed by atoms with Gasteiger partial charge in [-0.05, 0) is 43.5 Å². The van der Waals surface area contributed by atoms with Gasteiger partial charge in [-0.2, -0.15) is 0 Å². The van der Waals surface area contributed by atoms with Crippen molar-refractivity contribution in [2.24, 2.45) is 5.73 Å². The van der Waals surface area contributed by atoms with Crippen molar-refractivity contribution in [3.8, 4) is 0 Å². The number of rotatable bonds is 6. The number of nitrogens with zero attached hydrogens (tertiary/aromatic N) is 1. The van der Waals surface area contributed by atoms with E-state index in [1.807, 2.05) is 20.8 Å². The SMILES string of the molecule is CCC(CC)(CN)NS(=O)(=O)c1ccc(C)c2ncccc12. The molecule has 0 radical (unpaired) electrons. The van der Waals surface area contributed by atoms with Crippen molar-refractivity contribution in [2.45, 2.75) is 44.0 Å². The van der Waals surface area contributed by atoms with E-state index in [9.17, 15) is 8.42 Å². The molecule has 1 heterocycles. The highest BCUT2D eigenvalue weighted by Gasteiger charge is 2.31. The third-order valence-corrected chi connectivity index (χ3v) is 5.95. The van der Waals surface area contributed by atoms with Crippen LogP contribution in [0.3, 0.4) is 0 Å². The molecular weight excluding hydrogens is 298 g/mol. The number of benzene rings is 1. The van der Waals surface area contributed by atoms with Gasteiger partial charge in [-0.3, -0.25) is 4.98 Å². The molecule has 1 aromatic carbocycles. The summed E-state index contributed by atoms with van der Waals surface area (Å²) in [6, 6.07) is 6.95. The molecule has 2 rings (SSSR count).